The van der Waals surface area contributed by atoms with Crippen molar-refractivity contribution in [3.63, 3.8) is 0 Å². The largest absolute Gasteiger partial charge is 0.493 e. The molecule has 0 aliphatic heterocycles. The Bertz CT molecular complexity index is 488. The van der Waals surface area contributed by atoms with Crippen LogP contribution in [0.4, 0.5) is 0 Å². The van der Waals surface area contributed by atoms with Gasteiger partial charge in [0.2, 0.25) is 11.8 Å². The Morgan fingerprint density at radius 3 is 2.75 bits per heavy atom. The highest BCUT2D eigenvalue weighted by Gasteiger charge is 2.12. The zero-order chi connectivity index (χ0) is 15.1. The molecule has 0 aromatic heterocycles. The number of benzene rings is 1. The molecule has 0 spiro atoms. The van der Waals surface area contributed by atoms with Gasteiger partial charge in [0.25, 0.3) is 0 Å². The highest BCUT2D eigenvalue weighted by atomic mass is 16.5. The number of amides is 2. The molecule has 2 amide bonds. The number of carbonyl (C=O) groups is 2. The molecule has 0 fully saturated rings. The summed E-state index contributed by atoms with van der Waals surface area (Å²) in [6, 6.07) is 5.85. The predicted molar refractivity (Wildman–Crippen MR) is 74.2 cm³/mol. The number of hydrogen-bond acceptors (Lipinski definition) is 4. The molecule has 6 nitrogen and oxygen atoms in total. The van der Waals surface area contributed by atoms with Gasteiger partial charge in [-0.1, -0.05) is 12.1 Å². The molecule has 20 heavy (non-hydrogen) atoms. The van der Waals surface area contributed by atoms with Crippen molar-refractivity contribution in [2.24, 2.45) is 5.73 Å². The lowest BCUT2D eigenvalue weighted by molar-refractivity contribution is -0.127. The number of rotatable bonds is 7. The molecular formula is C14H20N2O4. The van der Waals surface area contributed by atoms with Gasteiger partial charge in [0.05, 0.1) is 19.6 Å². The van der Waals surface area contributed by atoms with Crippen molar-refractivity contribution in [3.05, 3.63) is 29.3 Å². The number of nitrogens with one attached hydrogen (secondary N) is 1. The van der Waals surface area contributed by atoms with Gasteiger partial charge in [0, 0.05) is 0 Å². The SMILES string of the molecule is Cc1ccc(C)c(OCCC(=O)NCC(O)C(N)=O)c1. The molecular weight excluding hydrogens is 260 g/mol. The molecule has 0 heterocycles. The normalized spacial score (nSPS) is 11.8. The van der Waals surface area contributed by atoms with Crippen LogP contribution in [0.5, 0.6) is 5.75 Å². The monoisotopic (exact) mass is 280 g/mol. The van der Waals surface area contributed by atoms with E-state index >= 15 is 0 Å². The Kier molecular flexibility index (Phi) is 5.99. The Morgan fingerprint density at radius 1 is 1.40 bits per heavy atom. The Morgan fingerprint density at radius 2 is 2.10 bits per heavy atom. The number of aliphatic hydroxyl groups excluding tert-OH is 1. The molecule has 0 saturated carbocycles. The maximum atomic E-state index is 11.5. The van der Waals surface area contributed by atoms with Crippen LogP contribution in [0, 0.1) is 13.8 Å². The highest BCUT2D eigenvalue weighted by Crippen LogP contribution is 2.19. The number of hydrogen-bond donors (Lipinski definition) is 3. The third-order valence-electron chi connectivity index (χ3n) is 2.75. The summed E-state index contributed by atoms with van der Waals surface area (Å²) in [5.74, 6) is -0.428. The van der Waals surface area contributed by atoms with Crippen LogP contribution < -0.4 is 15.8 Å². The molecule has 0 bridgehead atoms. The second-order valence-electron chi connectivity index (χ2n) is 4.59. The zero-order valence-corrected chi connectivity index (χ0v) is 11.7. The third-order valence-corrected chi connectivity index (χ3v) is 2.75. The first kappa shape index (κ1) is 16.0. The summed E-state index contributed by atoms with van der Waals surface area (Å²) >= 11 is 0. The van der Waals surface area contributed by atoms with E-state index in [2.05, 4.69) is 5.32 Å². The Hall–Kier alpha value is -2.08. The number of ether oxygens (including phenoxy) is 1. The van der Waals surface area contributed by atoms with Crippen LogP contribution in [0.1, 0.15) is 17.5 Å². The maximum absolute atomic E-state index is 11.5. The lowest BCUT2D eigenvalue weighted by Gasteiger charge is -2.11. The van der Waals surface area contributed by atoms with Gasteiger partial charge in [-0.15, -0.1) is 0 Å². The van der Waals surface area contributed by atoms with Crippen LogP contribution >= 0.6 is 0 Å². The molecule has 110 valence electrons. The van der Waals surface area contributed by atoms with E-state index in [0.29, 0.717) is 0 Å². The lowest BCUT2D eigenvalue weighted by Crippen LogP contribution is -2.40. The fraction of sp³-hybridized carbons (Fsp3) is 0.429. The van der Waals surface area contributed by atoms with Gasteiger partial charge in [-0.2, -0.15) is 0 Å². The maximum Gasteiger partial charge on any atom is 0.248 e. The quantitative estimate of drug-likeness (QED) is 0.656. The summed E-state index contributed by atoms with van der Waals surface area (Å²) in [5.41, 5.74) is 6.95. The summed E-state index contributed by atoms with van der Waals surface area (Å²) in [7, 11) is 0. The van der Waals surface area contributed by atoms with Gasteiger partial charge in [-0.05, 0) is 31.0 Å². The van der Waals surface area contributed by atoms with Crippen LogP contribution in [0.2, 0.25) is 0 Å². The molecule has 0 saturated heterocycles. The molecule has 1 rings (SSSR count). The van der Waals surface area contributed by atoms with Crippen LogP contribution in [0.3, 0.4) is 0 Å². The minimum atomic E-state index is -1.36. The fourth-order valence-corrected chi connectivity index (χ4v) is 1.52. The van der Waals surface area contributed by atoms with E-state index in [1.165, 1.54) is 0 Å². The Labute approximate surface area is 117 Å². The summed E-state index contributed by atoms with van der Waals surface area (Å²) in [4.78, 5) is 22.0. The molecule has 0 aliphatic rings. The van der Waals surface area contributed by atoms with Crippen molar-refractivity contribution >= 4 is 11.8 Å². The predicted octanol–water partition coefficient (Wildman–Crippen LogP) is 0.0347. The van der Waals surface area contributed by atoms with Gasteiger partial charge in [0.1, 0.15) is 11.9 Å². The number of primary amides is 1. The first-order valence-corrected chi connectivity index (χ1v) is 6.34. The minimum absolute atomic E-state index is 0.138. The third kappa shape index (κ3) is 5.27. The molecule has 1 aromatic carbocycles. The minimum Gasteiger partial charge on any atom is -0.493 e. The van der Waals surface area contributed by atoms with Crippen LogP contribution in [0.15, 0.2) is 18.2 Å². The average Bonchev–Trinajstić information content (AvgIpc) is 2.39. The van der Waals surface area contributed by atoms with Crippen molar-refractivity contribution in [2.75, 3.05) is 13.2 Å². The van der Waals surface area contributed by atoms with E-state index in [1.807, 2.05) is 32.0 Å². The smallest absolute Gasteiger partial charge is 0.248 e. The summed E-state index contributed by atoms with van der Waals surface area (Å²) in [5, 5.41) is 11.5. The van der Waals surface area contributed by atoms with Crippen LogP contribution in [-0.4, -0.2) is 36.2 Å². The van der Waals surface area contributed by atoms with E-state index in [0.717, 1.165) is 16.9 Å². The van der Waals surface area contributed by atoms with Crippen molar-refractivity contribution in [2.45, 2.75) is 26.4 Å². The second kappa shape index (κ2) is 7.49. The lowest BCUT2D eigenvalue weighted by atomic mass is 10.1. The zero-order valence-electron chi connectivity index (χ0n) is 11.7. The molecule has 4 N–H and O–H groups in total. The number of carbonyl (C=O) groups excluding carboxylic acids is 2. The standard InChI is InChI=1S/C14H20N2O4/c1-9-3-4-10(2)12(7-9)20-6-5-13(18)16-8-11(17)14(15)19/h3-4,7,11,17H,5-6,8H2,1-2H3,(H2,15,19)(H,16,18). The van der Waals surface area contributed by atoms with Gasteiger partial charge in [-0.25, -0.2) is 0 Å². The molecule has 1 unspecified atom stereocenters. The summed E-state index contributed by atoms with van der Waals surface area (Å²) < 4.78 is 5.53. The summed E-state index contributed by atoms with van der Waals surface area (Å²) in [6.45, 7) is 3.93. The van der Waals surface area contributed by atoms with E-state index in [-0.39, 0.29) is 25.5 Å². The van der Waals surface area contributed by atoms with Crippen LogP contribution in [0.25, 0.3) is 0 Å². The van der Waals surface area contributed by atoms with E-state index < -0.39 is 12.0 Å². The van der Waals surface area contributed by atoms with Crippen molar-refractivity contribution < 1.29 is 19.4 Å². The topological polar surface area (TPSA) is 102 Å². The Balaban J connectivity index is 2.31. The van der Waals surface area contributed by atoms with Crippen LogP contribution in [-0.2, 0) is 9.59 Å². The van der Waals surface area contributed by atoms with Gasteiger partial charge in [-0.3, -0.25) is 9.59 Å². The number of aryl methyl sites for hydroxylation is 2. The molecule has 0 radical (unpaired) electrons. The van der Waals surface area contributed by atoms with Crippen molar-refractivity contribution in [1.29, 1.82) is 0 Å². The van der Waals surface area contributed by atoms with Crippen molar-refractivity contribution in [1.82, 2.24) is 5.32 Å². The van der Waals surface area contributed by atoms with E-state index in [1.54, 1.807) is 0 Å². The number of aliphatic hydroxyl groups is 1. The first-order chi connectivity index (χ1) is 9.40. The van der Waals surface area contributed by atoms with E-state index in [4.69, 9.17) is 15.6 Å². The highest BCUT2D eigenvalue weighted by molar-refractivity contribution is 5.80. The fourth-order valence-electron chi connectivity index (χ4n) is 1.52. The second-order valence-corrected chi connectivity index (χ2v) is 4.59. The average molecular weight is 280 g/mol. The summed E-state index contributed by atoms with van der Waals surface area (Å²) in [6.07, 6.45) is -1.22. The molecule has 6 heteroatoms. The van der Waals surface area contributed by atoms with Gasteiger partial charge >= 0.3 is 0 Å². The van der Waals surface area contributed by atoms with Gasteiger partial charge in [0.15, 0.2) is 0 Å². The van der Waals surface area contributed by atoms with Crippen molar-refractivity contribution in [3.8, 4) is 5.75 Å². The first-order valence-electron chi connectivity index (χ1n) is 6.34. The molecule has 0 aliphatic carbocycles. The van der Waals surface area contributed by atoms with Gasteiger partial charge < -0.3 is 20.9 Å². The molecule has 1 atom stereocenters. The number of nitrogens with two attached hydrogens (primary N) is 1. The van der Waals surface area contributed by atoms with E-state index in [9.17, 15) is 9.59 Å². The molecule has 1 aromatic rings.